The fourth-order valence-electron chi connectivity index (χ4n) is 13.9. The third kappa shape index (κ3) is 7.42. The first-order chi connectivity index (χ1) is 30.2. The van der Waals surface area contributed by atoms with Crippen molar-refractivity contribution in [3.63, 3.8) is 0 Å². The van der Waals surface area contributed by atoms with Crippen LogP contribution in [0, 0.1) is 40.4 Å². The molecule has 27 atom stereocenters. The molecule has 3 saturated carbocycles. The Morgan fingerprint density at radius 2 is 1.31 bits per heavy atom. The molecule has 0 aromatic heterocycles. The van der Waals surface area contributed by atoms with Crippen LogP contribution in [-0.2, 0) is 37.9 Å². The van der Waals surface area contributed by atoms with Gasteiger partial charge in [-0.15, -0.1) is 0 Å². The average molecular weight is 917 g/mol. The Hall–Kier alpha value is -1.02. The van der Waals surface area contributed by atoms with Crippen molar-refractivity contribution in [2.45, 2.75) is 208 Å². The first-order valence-corrected chi connectivity index (χ1v) is 23.6. The van der Waals surface area contributed by atoms with Gasteiger partial charge in [-0.2, -0.15) is 0 Å². The standard InChI is InChI=1S/C45H72O19/c1-18-6-11-45(57-17-18)19(2)29-25(64-45)13-24-22-12-28(48)44(56)14-21(7-10-43(44,5)23(22)8-9-42(24,29)4)59-41-38(63-39-35(54)33(52)30(49)20(3)58-39)37(32(51)27(16-47)61-41)62-40-36(55)34(53)31(50)26(15-46)60-40/h12,18-21,23-41,46-56H,6-11,13-17H2,1-5H3/t18-,19+,20+,21+,23+,24+,25+,26-,27-,28+,29+,30+,31-,32-,33-,34+,35-,36-,37+,38-,39+,40+,41-,42+,43-,44+,45-/m1/s1. The van der Waals surface area contributed by atoms with Gasteiger partial charge >= 0.3 is 0 Å². The van der Waals surface area contributed by atoms with Crippen LogP contribution in [0.25, 0.3) is 0 Å². The Balaban J connectivity index is 0.972. The fourth-order valence-corrected chi connectivity index (χ4v) is 13.9. The Morgan fingerprint density at radius 1 is 0.672 bits per heavy atom. The number of allylic oxidation sites excluding steroid dienone is 1. The number of aliphatic hydroxyl groups excluding tert-OH is 10. The number of ether oxygens (including phenoxy) is 8. The maximum Gasteiger partial charge on any atom is 0.187 e. The molecule has 5 saturated heterocycles. The number of hydrogen-bond acceptors (Lipinski definition) is 19. The van der Waals surface area contributed by atoms with E-state index < -0.39 is 134 Å². The zero-order valence-corrected chi connectivity index (χ0v) is 37.3. The van der Waals surface area contributed by atoms with Crippen molar-refractivity contribution in [3.05, 3.63) is 11.6 Å². The molecule has 5 heterocycles. The predicted octanol–water partition coefficient (Wildman–Crippen LogP) is -1.70. The van der Waals surface area contributed by atoms with E-state index >= 15 is 0 Å². The van der Waals surface area contributed by atoms with E-state index in [0.29, 0.717) is 31.3 Å². The number of rotatable bonds is 8. The minimum absolute atomic E-state index is 0.0317. The van der Waals surface area contributed by atoms with Gasteiger partial charge in [0.1, 0.15) is 78.8 Å². The third-order valence-corrected chi connectivity index (χ3v) is 17.9. The van der Waals surface area contributed by atoms with E-state index in [2.05, 4.69) is 20.8 Å². The third-order valence-electron chi connectivity index (χ3n) is 17.9. The molecule has 0 aromatic rings. The molecule has 0 unspecified atom stereocenters. The van der Waals surface area contributed by atoms with Crippen LogP contribution >= 0.6 is 0 Å². The lowest BCUT2D eigenvalue weighted by molar-refractivity contribution is -0.396. The van der Waals surface area contributed by atoms with Gasteiger partial charge < -0.3 is 94.1 Å². The van der Waals surface area contributed by atoms with E-state index in [9.17, 15) is 56.2 Å². The van der Waals surface area contributed by atoms with Crippen LogP contribution in [0.3, 0.4) is 0 Å². The van der Waals surface area contributed by atoms with E-state index in [1.54, 1.807) is 0 Å². The van der Waals surface area contributed by atoms with Gasteiger partial charge in [0.05, 0.1) is 38.1 Å². The number of aliphatic hydroxyl groups is 11. The lowest BCUT2D eigenvalue weighted by Crippen LogP contribution is -2.68. The van der Waals surface area contributed by atoms with Crippen molar-refractivity contribution in [2.75, 3.05) is 19.8 Å². The molecule has 366 valence electrons. The van der Waals surface area contributed by atoms with Crippen LogP contribution in [-0.4, -0.2) is 198 Å². The normalized spacial score (nSPS) is 58.6. The zero-order valence-electron chi connectivity index (χ0n) is 37.3. The topological polar surface area (TPSA) is 296 Å². The largest absolute Gasteiger partial charge is 0.394 e. The molecule has 0 bridgehead atoms. The van der Waals surface area contributed by atoms with Crippen molar-refractivity contribution in [2.24, 2.45) is 40.4 Å². The summed E-state index contributed by atoms with van der Waals surface area (Å²) in [5.41, 5.74) is -1.33. The summed E-state index contributed by atoms with van der Waals surface area (Å²) < 4.78 is 49.7. The van der Waals surface area contributed by atoms with Crippen LogP contribution < -0.4 is 0 Å². The summed E-state index contributed by atoms with van der Waals surface area (Å²) in [5, 5.41) is 121. The molecule has 8 fully saturated rings. The summed E-state index contributed by atoms with van der Waals surface area (Å²) in [6.45, 7) is 9.50. The van der Waals surface area contributed by atoms with Crippen LogP contribution in [0.5, 0.6) is 0 Å². The second-order valence-corrected chi connectivity index (χ2v) is 21.4. The van der Waals surface area contributed by atoms with Crippen LogP contribution in [0.15, 0.2) is 11.6 Å². The first kappa shape index (κ1) is 48.0. The van der Waals surface area contributed by atoms with E-state index in [1.807, 2.05) is 13.0 Å². The molecule has 5 aliphatic heterocycles. The molecular weight excluding hydrogens is 844 g/mol. The molecule has 0 aromatic carbocycles. The smallest absolute Gasteiger partial charge is 0.187 e. The highest BCUT2D eigenvalue weighted by atomic mass is 16.8. The number of fused-ring (bicyclic) bond motifs is 7. The quantitative estimate of drug-likeness (QED) is 0.121. The molecule has 1 spiro atoms. The molecule has 0 amide bonds. The minimum atomic E-state index is -1.91. The summed E-state index contributed by atoms with van der Waals surface area (Å²) in [6.07, 6.45) is -19.4. The highest BCUT2D eigenvalue weighted by Gasteiger charge is 2.70. The predicted molar refractivity (Wildman–Crippen MR) is 217 cm³/mol. The van der Waals surface area contributed by atoms with Gasteiger partial charge in [-0.05, 0) is 74.5 Å². The van der Waals surface area contributed by atoms with Gasteiger partial charge in [-0.3, -0.25) is 0 Å². The van der Waals surface area contributed by atoms with Gasteiger partial charge in [-0.25, -0.2) is 0 Å². The maximum atomic E-state index is 12.8. The molecule has 0 radical (unpaired) electrons. The first-order valence-electron chi connectivity index (χ1n) is 23.6. The van der Waals surface area contributed by atoms with Crippen molar-refractivity contribution < 1.29 is 94.1 Å². The highest BCUT2D eigenvalue weighted by Crippen LogP contribution is 2.71. The molecule has 64 heavy (non-hydrogen) atoms. The van der Waals surface area contributed by atoms with Gasteiger partial charge in [0.25, 0.3) is 0 Å². The highest BCUT2D eigenvalue weighted by molar-refractivity contribution is 5.34. The summed E-state index contributed by atoms with van der Waals surface area (Å²) in [7, 11) is 0. The Bertz CT molecular complexity index is 1700. The van der Waals surface area contributed by atoms with Crippen molar-refractivity contribution in [1.82, 2.24) is 0 Å². The lowest BCUT2D eigenvalue weighted by Gasteiger charge is -2.62. The molecule has 11 N–H and O–H groups in total. The molecule has 9 aliphatic rings. The Morgan fingerprint density at radius 3 is 1.98 bits per heavy atom. The fraction of sp³-hybridized carbons (Fsp3) is 0.956. The van der Waals surface area contributed by atoms with Crippen LogP contribution in [0.4, 0.5) is 0 Å². The Kier molecular flexibility index (Phi) is 13.1. The second-order valence-electron chi connectivity index (χ2n) is 21.4. The lowest BCUT2D eigenvalue weighted by atomic mass is 9.45. The van der Waals surface area contributed by atoms with E-state index in [4.69, 9.17) is 37.9 Å². The summed E-state index contributed by atoms with van der Waals surface area (Å²) in [4.78, 5) is 0. The van der Waals surface area contributed by atoms with Crippen LogP contribution in [0.1, 0.15) is 86.0 Å². The van der Waals surface area contributed by atoms with Crippen LogP contribution in [0.2, 0.25) is 0 Å². The van der Waals surface area contributed by atoms with Gasteiger partial charge in [0.2, 0.25) is 0 Å². The summed E-state index contributed by atoms with van der Waals surface area (Å²) in [6, 6.07) is 0. The molecule has 4 aliphatic carbocycles. The SMILES string of the molecule is C[C@@H]1CC[C@@]2(OC1)O[C@H]1C[C@H]3C4=C[C@H](O)[C@@]5(O)C[C@@H](O[C@@H]6O[C@H](CO)[C@@H](O)[C@H](O[C@@H]7O[C@H](CO)[C@@H](O)[C@H](O)[C@H]7O)[C@H]6O[C@@H]6O[C@@H](C)[C@H](O)[C@@H](O)[C@H]6O)CC[C@]5(C)[C@H]4CC[C@]3(C)[C@H]1[C@@H]2C. The van der Waals surface area contributed by atoms with Crippen molar-refractivity contribution in [3.8, 4) is 0 Å². The minimum Gasteiger partial charge on any atom is -0.394 e. The monoisotopic (exact) mass is 916 g/mol. The molecular formula is C45H72O19. The Labute approximate surface area is 373 Å². The zero-order chi connectivity index (χ0) is 46.0. The van der Waals surface area contributed by atoms with Gasteiger partial charge in [0.15, 0.2) is 24.7 Å². The van der Waals surface area contributed by atoms with E-state index in [1.165, 1.54) is 12.5 Å². The maximum absolute atomic E-state index is 12.8. The van der Waals surface area contributed by atoms with Crippen molar-refractivity contribution in [1.29, 1.82) is 0 Å². The molecule has 9 rings (SSSR count). The molecule has 19 heteroatoms. The second kappa shape index (κ2) is 17.4. The molecule has 19 nitrogen and oxygen atoms in total. The van der Waals surface area contributed by atoms with Crippen molar-refractivity contribution >= 4 is 0 Å². The average Bonchev–Trinajstić information content (AvgIpc) is 3.71. The summed E-state index contributed by atoms with van der Waals surface area (Å²) >= 11 is 0. The summed E-state index contributed by atoms with van der Waals surface area (Å²) in [5.74, 6) is 0.569. The van der Waals surface area contributed by atoms with Gasteiger partial charge in [0, 0.05) is 24.2 Å². The van der Waals surface area contributed by atoms with Gasteiger partial charge in [-0.1, -0.05) is 39.3 Å². The van der Waals surface area contributed by atoms with E-state index in [0.717, 1.165) is 32.1 Å². The van der Waals surface area contributed by atoms with E-state index in [-0.39, 0.29) is 35.7 Å². The number of hydrogen-bond donors (Lipinski definition) is 11.